The lowest BCUT2D eigenvalue weighted by molar-refractivity contribution is 0.298. The molecule has 0 fully saturated rings. The van der Waals surface area contributed by atoms with Gasteiger partial charge in [-0.15, -0.1) is 5.10 Å². The number of nitrogens with two attached hydrogens (primary N) is 1. The molecular weight excluding hydrogens is 216 g/mol. The molecule has 0 aromatic carbocycles. The van der Waals surface area contributed by atoms with E-state index in [1.165, 1.54) is 0 Å². The Hall–Kier alpha value is -1.20. The quantitative estimate of drug-likeness (QED) is 0.792. The van der Waals surface area contributed by atoms with Crippen molar-refractivity contribution < 1.29 is 5.11 Å². The fraction of sp³-hybridized carbons (Fsp3) is 0.667. The molecule has 1 aromatic rings. The first-order valence-electron chi connectivity index (χ1n) is 5.93. The molecule has 0 unspecified atom stereocenters. The molecule has 0 saturated heterocycles. The van der Waals surface area contributed by atoms with Crippen molar-refractivity contribution in [3.8, 4) is 0 Å². The van der Waals surface area contributed by atoms with Crippen molar-refractivity contribution in [2.75, 3.05) is 18.1 Å². The number of rotatable bonds is 5. The van der Waals surface area contributed by atoms with Gasteiger partial charge in [0, 0.05) is 24.7 Å². The summed E-state index contributed by atoms with van der Waals surface area (Å²) in [5.41, 5.74) is 8.80. The van der Waals surface area contributed by atoms with Gasteiger partial charge >= 0.3 is 0 Å². The monoisotopic (exact) mass is 238 g/mol. The molecule has 0 bridgehead atoms. The molecule has 0 saturated carbocycles. The van der Waals surface area contributed by atoms with Crippen LogP contribution in [0.4, 0.5) is 5.82 Å². The molecule has 5 heteroatoms. The van der Waals surface area contributed by atoms with Gasteiger partial charge in [-0.3, -0.25) is 0 Å². The van der Waals surface area contributed by atoms with E-state index in [4.69, 9.17) is 10.8 Å². The van der Waals surface area contributed by atoms with E-state index in [-0.39, 0.29) is 12.6 Å². The van der Waals surface area contributed by atoms with Crippen LogP contribution in [0.15, 0.2) is 0 Å². The van der Waals surface area contributed by atoms with Crippen molar-refractivity contribution in [2.24, 2.45) is 5.73 Å². The lowest BCUT2D eigenvalue weighted by Gasteiger charge is -2.29. The van der Waals surface area contributed by atoms with Crippen LogP contribution in [0.2, 0.25) is 0 Å². The second-order valence-corrected chi connectivity index (χ2v) is 4.43. The number of aryl methyl sites for hydroxylation is 1. The predicted octanol–water partition coefficient (Wildman–Crippen LogP) is 0.759. The smallest absolute Gasteiger partial charge is 0.156 e. The molecule has 0 atom stereocenters. The SMILES string of the molecule is Cc1nnc(N(CCO)C(C)C)c(CN)c1C. The van der Waals surface area contributed by atoms with Gasteiger partial charge < -0.3 is 15.7 Å². The molecule has 1 rings (SSSR count). The highest BCUT2D eigenvalue weighted by Crippen LogP contribution is 2.23. The molecule has 1 aromatic heterocycles. The van der Waals surface area contributed by atoms with Crippen LogP contribution in [0.25, 0.3) is 0 Å². The average Bonchev–Trinajstić information content (AvgIpc) is 2.29. The maximum atomic E-state index is 9.11. The molecule has 17 heavy (non-hydrogen) atoms. The van der Waals surface area contributed by atoms with E-state index in [1.807, 2.05) is 18.7 Å². The summed E-state index contributed by atoms with van der Waals surface area (Å²) in [4.78, 5) is 2.03. The van der Waals surface area contributed by atoms with Crippen LogP contribution in [-0.4, -0.2) is 34.5 Å². The highest BCUT2D eigenvalue weighted by Gasteiger charge is 2.18. The Morgan fingerprint density at radius 2 is 1.94 bits per heavy atom. The second-order valence-electron chi connectivity index (χ2n) is 4.43. The van der Waals surface area contributed by atoms with E-state index in [0.717, 1.165) is 22.6 Å². The van der Waals surface area contributed by atoms with Crippen LogP contribution in [-0.2, 0) is 6.54 Å². The van der Waals surface area contributed by atoms with Gasteiger partial charge in [-0.25, -0.2) is 0 Å². The number of hydrogen-bond donors (Lipinski definition) is 2. The molecule has 0 aliphatic heterocycles. The lowest BCUT2D eigenvalue weighted by atomic mass is 10.1. The van der Waals surface area contributed by atoms with Gasteiger partial charge in [0.2, 0.25) is 0 Å². The Morgan fingerprint density at radius 3 is 2.41 bits per heavy atom. The number of anilines is 1. The minimum absolute atomic E-state index is 0.0940. The first kappa shape index (κ1) is 13.9. The first-order valence-corrected chi connectivity index (χ1v) is 5.93. The normalized spacial score (nSPS) is 11.0. The predicted molar refractivity (Wildman–Crippen MR) is 69.0 cm³/mol. The summed E-state index contributed by atoms with van der Waals surface area (Å²) in [5, 5.41) is 17.5. The lowest BCUT2D eigenvalue weighted by Crippen LogP contribution is -2.35. The van der Waals surface area contributed by atoms with Crippen molar-refractivity contribution in [1.82, 2.24) is 10.2 Å². The van der Waals surface area contributed by atoms with Crippen molar-refractivity contribution in [1.29, 1.82) is 0 Å². The highest BCUT2D eigenvalue weighted by molar-refractivity contribution is 5.51. The van der Waals surface area contributed by atoms with E-state index in [9.17, 15) is 0 Å². The average molecular weight is 238 g/mol. The third-order valence-electron chi connectivity index (χ3n) is 3.00. The largest absolute Gasteiger partial charge is 0.395 e. The Balaban J connectivity index is 3.23. The third-order valence-corrected chi connectivity index (χ3v) is 3.00. The van der Waals surface area contributed by atoms with E-state index < -0.39 is 0 Å². The zero-order chi connectivity index (χ0) is 13.0. The minimum atomic E-state index is 0.0940. The molecule has 0 radical (unpaired) electrons. The zero-order valence-electron chi connectivity index (χ0n) is 11.1. The van der Waals surface area contributed by atoms with Gasteiger partial charge in [0.1, 0.15) is 0 Å². The maximum Gasteiger partial charge on any atom is 0.156 e. The fourth-order valence-electron chi connectivity index (χ4n) is 1.84. The number of aliphatic hydroxyl groups excluding tert-OH is 1. The third kappa shape index (κ3) is 2.92. The van der Waals surface area contributed by atoms with E-state index in [2.05, 4.69) is 24.0 Å². The molecule has 0 aliphatic rings. The van der Waals surface area contributed by atoms with Crippen LogP contribution in [0.5, 0.6) is 0 Å². The molecule has 3 N–H and O–H groups in total. The van der Waals surface area contributed by atoms with Crippen molar-refractivity contribution in [3.63, 3.8) is 0 Å². The summed E-state index contributed by atoms with van der Waals surface area (Å²) in [6.45, 7) is 9.13. The van der Waals surface area contributed by atoms with Gasteiger partial charge in [-0.05, 0) is 33.3 Å². The topological polar surface area (TPSA) is 75.3 Å². The molecular formula is C12H22N4O. The molecule has 0 aliphatic carbocycles. The standard InChI is InChI=1S/C12H22N4O/c1-8(2)16(5-6-17)12-11(7-13)9(3)10(4)14-15-12/h8,17H,5-7,13H2,1-4H3. The molecule has 1 heterocycles. The van der Waals surface area contributed by atoms with Crippen molar-refractivity contribution >= 4 is 5.82 Å². The molecule has 5 nitrogen and oxygen atoms in total. The fourth-order valence-corrected chi connectivity index (χ4v) is 1.84. The number of nitrogens with zero attached hydrogens (tertiary/aromatic N) is 3. The summed E-state index contributed by atoms with van der Waals surface area (Å²) < 4.78 is 0. The molecule has 0 amide bonds. The Bertz CT molecular complexity index is 379. The molecule has 96 valence electrons. The van der Waals surface area contributed by atoms with Crippen LogP contribution in [0, 0.1) is 13.8 Å². The Labute approximate surface area is 103 Å². The summed E-state index contributed by atoms with van der Waals surface area (Å²) in [6, 6.07) is 0.254. The summed E-state index contributed by atoms with van der Waals surface area (Å²) in [6.07, 6.45) is 0. The van der Waals surface area contributed by atoms with E-state index >= 15 is 0 Å². The first-order chi connectivity index (χ1) is 8.02. The Kier molecular flexibility index (Phi) is 4.84. The zero-order valence-corrected chi connectivity index (χ0v) is 11.1. The van der Waals surface area contributed by atoms with Gasteiger partial charge in [-0.2, -0.15) is 5.10 Å². The number of hydrogen-bond acceptors (Lipinski definition) is 5. The van der Waals surface area contributed by atoms with Gasteiger partial charge in [0.05, 0.1) is 12.3 Å². The van der Waals surface area contributed by atoms with Crippen LogP contribution < -0.4 is 10.6 Å². The summed E-state index contributed by atoms with van der Waals surface area (Å²) in [7, 11) is 0. The van der Waals surface area contributed by atoms with Gasteiger partial charge in [0.15, 0.2) is 5.82 Å². The van der Waals surface area contributed by atoms with Crippen LogP contribution in [0.3, 0.4) is 0 Å². The number of aliphatic hydroxyl groups is 1. The minimum Gasteiger partial charge on any atom is -0.395 e. The van der Waals surface area contributed by atoms with Crippen molar-refractivity contribution in [2.45, 2.75) is 40.3 Å². The van der Waals surface area contributed by atoms with Gasteiger partial charge in [0.25, 0.3) is 0 Å². The van der Waals surface area contributed by atoms with Crippen LogP contribution >= 0.6 is 0 Å². The summed E-state index contributed by atoms with van der Waals surface area (Å²) in [5.74, 6) is 0.791. The highest BCUT2D eigenvalue weighted by atomic mass is 16.3. The van der Waals surface area contributed by atoms with Crippen molar-refractivity contribution in [3.05, 3.63) is 16.8 Å². The maximum absolute atomic E-state index is 9.11. The second kappa shape index (κ2) is 5.93. The van der Waals surface area contributed by atoms with E-state index in [0.29, 0.717) is 13.1 Å². The van der Waals surface area contributed by atoms with Gasteiger partial charge in [-0.1, -0.05) is 0 Å². The molecule has 0 spiro atoms. The summed E-state index contributed by atoms with van der Waals surface area (Å²) >= 11 is 0. The van der Waals surface area contributed by atoms with Crippen LogP contribution in [0.1, 0.15) is 30.7 Å². The Morgan fingerprint density at radius 1 is 1.29 bits per heavy atom. The number of aromatic nitrogens is 2. The van der Waals surface area contributed by atoms with E-state index in [1.54, 1.807) is 0 Å².